The number of quaternary nitrogens is 1. The molecule has 0 radical (unpaired) electrons. The molecule has 0 unspecified atom stereocenters. The first kappa shape index (κ1) is 16.4. The van der Waals surface area contributed by atoms with E-state index in [9.17, 15) is 0 Å². The van der Waals surface area contributed by atoms with Crippen LogP contribution in [0.2, 0.25) is 0 Å². The molecule has 27 heavy (non-hydrogen) atoms. The van der Waals surface area contributed by atoms with Gasteiger partial charge in [-0.2, -0.15) is 0 Å². The van der Waals surface area contributed by atoms with E-state index >= 15 is 0 Å². The van der Waals surface area contributed by atoms with Crippen LogP contribution in [0.15, 0.2) is 60.7 Å². The molecular weight excluding hydrogens is 336 g/mol. The summed E-state index contributed by atoms with van der Waals surface area (Å²) < 4.78 is 6.61. The third-order valence-corrected chi connectivity index (χ3v) is 5.80. The number of hydrogen-bond donors (Lipinski definition) is 3. The number of rotatable bonds is 5. The highest BCUT2D eigenvalue weighted by atomic mass is 16.5. The van der Waals surface area contributed by atoms with E-state index < -0.39 is 0 Å². The fourth-order valence-electron chi connectivity index (χ4n) is 4.33. The van der Waals surface area contributed by atoms with Crippen molar-refractivity contribution in [2.75, 3.05) is 44.7 Å². The van der Waals surface area contributed by atoms with Gasteiger partial charge < -0.3 is 10.1 Å². The average Bonchev–Trinajstić information content (AvgIpc) is 3.29. The number of nitrogens with one attached hydrogen (secondary N) is 3. The van der Waals surface area contributed by atoms with Gasteiger partial charge in [-0.3, -0.25) is 14.7 Å². The molecule has 1 saturated heterocycles. The first-order chi connectivity index (χ1) is 13.4. The van der Waals surface area contributed by atoms with Gasteiger partial charge in [0, 0.05) is 11.1 Å². The molecule has 2 heterocycles. The maximum Gasteiger partial charge on any atom is 0.229 e. The highest BCUT2D eigenvalue weighted by molar-refractivity contribution is 6.03. The van der Waals surface area contributed by atoms with E-state index in [4.69, 9.17) is 4.74 Å². The summed E-state index contributed by atoms with van der Waals surface area (Å²) in [4.78, 5) is 0. The summed E-state index contributed by atoms with van der Waals surface area (Å²) in [6.07, 6.45) is 0. The van der Waals surface area contributed by atoms with Crippen LogP contribution in [-0.2, 0) is 4.74 Å². The van der Waals surface area contributed by atoms with E-state index in [0.29, 0.717) is 0 Å². The zero-order valence-corrected chi connectivity index (χ0v) is 15.4. The lowest BCUT2D eigenvalue weighted by atomic mass is 10.2. The Labute approximate surface area is 158 Å². The van der Waals surface area contributed by atoms with E-state index in [2.05, 4.69) is 70.1 Å². The molecule has 2 aromatic rings. The van der Waals surface area contributed by atoms with Crippen molar-refractivity contribution in [3.05, 3.63) is 60.7 Å². The van der Waals surface area contributed by atoms with Gasteiger partial charge >= 0.3 is 0 Å². The van der Waals surface area contributed by atoms with Gasteiger partial charge in [0.25, 0.3) is 0 Å². The van der Waals surface area contributed by atoms with Gasteiger partial charge in [0.1, 0.15) is 19.6 Å². The number of benzene rings is 2. The maximum absolute atomic E-state index is 5.70. The lowest BCUT2D eigenvalue weighted by Gasteiger charge is -2.39. The Morgan fingerprint density at radius 3 is 2.56 bits per heavy atom. The smallest absolute Gasteiger partial charge is 0.229 e. The molecule has 1 aliphatic carbocycles. The van der Waals surface area contributed by atoms with Crippen LogP contribution in [0.3, 0.4) is 0 Å². The summed E-state index contributed by atoms with van der Waals surface area (Å²) in [7, 11) is 0. The number of para-hydroxylation sites is 1. The van der Waals surface area contributed by atoms with Crippen molar-refractivity contribution in [1.29, 1.82) is 0 Å². The average molecular weight is 361 g/mol. The molecule has 1 fully saturated rings. The number of fused-ring (bicyclic) bond motifs is 3. The van der Waals surface area contributed by atoms with Gasteiger partial charge in [0.15, 0.2) is 0 Å². The van der Waals surface area contributed by atoms with Crippen molar-refractivity contribution in [3.63, 3.8) is 0 Å². The topological polar surface area (TPSA) is 52.8 Å². The van der Waals surface area contributed by atoms with Crippen molar-refractivity contribution >= 4 is 22.3 Å². The minimum absolute atomic E-state index is 0.798. The first-order valence-electron chi connectivity index (χ1n) is 9.67. The van der Waals surface area contributed by atoms with Crippen molar-refractivity contribution in [3.8, 4) is 11.3 Å². The second-order valence-corrected chi connectivity index (χ2v) is 7.34. The van der Waals surface area contributed by atoms with Gasteiger partial charge in [-0.05, 0) is 23.6 Å². The van der Waals surface area contributed by atoms with E-state index in [1.54, 1.807) is 0 Å². The molecule has 0 atom stereocenters. The molecule has 5 rings (SSSR count). The largest absolute Gasteiger partial charge is 0.379 e. The van der Waals surface area contributed by atoms with Crippen LogP contribution in [0.5, 0.6) is 0 Å². The maximum atomic E-state index is 5.70. The Balaban J connectivity index is 1.46. The molecule has 0 bridgehead atoms. The summed E-state index contributed by atoms with van der Waals surface area (Å²) >= 11 is 0. The molecule has 3 N–H and O–H groups in total. The lowest BCUT2D eigenvalue weighted by Crippen LogP contribution is -2.58. The van der Waals surface area contributed by atoms with E-state index in [1.165, 1.54) is 33.5 Å². The highest BCUT2D eigenvalue weighted by Crippen LogP contribution is 2.41. The normalized spacial score (nSPS) is 16.7. The van der Waals surface area contributed by atoms with Crippen molar-refractivity contribution < 1.29 is 4.74 Å². The molecule has 138 valence electrons. The molecule has 0 spiro atoms. The second kappa shape index (κ2) is 6.76. The third-order valence-electron chi connectivity index (χ3n) is 5.80. The minimum atomic E-state index is 0.798. The van der Waals surface area contributed by atoms with Crippen LogP contribution in [0, 0.1) is 0 Å². The zero-order valence-electron chi connectivity index (χ0n) is 15.4. The van der Waals surface area contributed by atoms with E-state index in [0.717, 1.165) is 43.9 Å². The Kier molecular flexibility index (Phi) is 4.11. The molecule has 3 aliphatic rings. The second-order valence-electron chi connectivity index (χ2n) is 7.34. The van der Waals surface area contributed by atoms with Crippen molar-refractivity contribution in [2.24, 2.45) is 0 Å². The summed E-state index contributed by atoms with van der Waals surface area (Å²) in [6, 6.07) is 21.3. The van der Waals surface area contributed by atoms with Crippen LogP contribution in [-0.4, -0.2) is 49.6 Å². The summed E-state index contributed by atoms with van der Waals surface area (Å²) in [5, 5.41) is 13.1. The minimum Gasteiger partial charge on any atom is -0.379 e. The zero-order chi connectivity index (χ0) is 18.1. The number of aromatic amines is 2. The van der Waals surface area contributed by atoms with Gasteiger partial charge in [-0.1, -0.05) is 42.5 Å². The quantitative estimate of drug-likeness (QED) is 0.470. The van der Waals surface area contributed by atoms with Crippen molar-refractivity contribution in [1.82, 2.24) is 14.7 Å². The van der Waals surface area contributed by atoms with Crippen molar-refractivity contribution in [2.45, 2.75) is 0 Å². The Morgan fingerprint density at radius 2 is 1.70 bits per heavy atom. The van der Waals surface area contributed by atoms with Crippen LogP contribution in [0.1, 0.15) is 0 Å². The SMILES string of the molecule is c1ccc(NCC[N+]2(c3[nH][nH]c4c5ccccc5cc3-4)CCOCC2)cc1. The van der Waals surface area contributed by atoms with Gasteiger partial charge in [-0.15, -0.1) is 0 Å². The molecule has 2 aliphatic heterocycles. The Hall–Kier alpha value is -2.76. The third kappa shape index (κ3) is 2.89. The lowest BCUT2D eigenvalue weighted by molar-refractivity contribution is 0.0412. The van der Waals surface area contributed by atoms with E-state index in [1.807, 2.05) is 6.07 Å². The van der Waals surface area contributed by atoms with Crippen LogP contribution >= 0.6 is 0 Å². The fraction of sp³-hybridized carbons (Fsp3) is 0.273. The summed E-state index contributed by atoms with van der Waals surface area (Å²) in [5.74, 6) is 1.28. The van der Waals surface area contributed by atoms with Gasteiger partial charge in [-0.25, -0.2) is 0 Å². The molecule has 0 aromatic heterocycles. The Bertz CT molecular complexity index is 998. The number of anilines is 1. The van der Waals surface area contributed by atoms with E-state index in [-0.39, 0.29) is 0 Å². The number of ether oxygens (including phenoxy) is 1. The Morgan fingerprint density at radius 1 is 0.926 bits per heavy atom. The number of aromatic nitrogens is 2. The summed E-state index contributed by atoms with van der Waals surface area (Å²) in [6.45, 7) is 5.51. The number of hydrogen-bond acceptors (Lipinski definition) is 2. The van der Waals surface area contributed by atoms with Crippen LogP contribution in [0.4, 0.5) is 11.5 Å². The predicted octanol–water partition coefficient (Wildman–Crippen LogP) is 4.05. The highest BCUT2D eigenvalue weighted by Gasteiger charge is 2.38. The summed E-state index contributed by atoms with van der Waals surface area (Å²) in [5.41, 5.74) is 3.68. The molecule has 0 saturated carbocycles. The molecular formula is C22H25N4O+. The first-order valence-corrected chi connectivity index (χ1v) is 9.67. The fourth-order valence-corrected chi connectivity index (χ4v) is 4.33. The molecule has 5 heteroatoms. The molecule has 5 nitrogen and oxygen atoms in total. The van der Waals surface area contributed by atoms with Gasteiger partial charge in [0.2, 0.25) is 5.82 Å². The number of morpholine rings is 1. The van der Waals surface area contributed by atoms with Crippen LogP contribution < -0.4 is 9.80 Å². The molecule has 2 aromatic carbocycles. The standard InChI is InChI=1S/C22H25N4O/c1-2-7-18(8-3-1)23-10-11-26(12-14-27-15-13-26)22-20-16-17-6-4-5-9-19(17)21(20)24-25-22/h1-9,16,23-25H,10-15H2/q+1. The monoisotopic (exact) mass is 361 g/mol. The predicted molar refractivity (Wildman–Crippen MR) is 111 cm³/mol. The van der Waals surface area contributed by atoms with Crippen LogP contribution in [0.25, 0.3) is 22.0 Å². The van der Waals surface area contributed by atoms with Gasteiger partial charge in [0.05, 0.1) is 31.0 Å². The molecule has 0 amide bonds. The number of nitrogens with zero attached hydrogens (tertiary/aromatic N) is 1. The number of H-pyrrole nitrogens is 2.